The number of likely N-dealkylation sites (tertiary alicyclic amines) is 1. The molecule has 22 heavy (non-hydrogen) atoms. The second-order valence-corrected chi connectivity index (χ2v) is 8.50. The summed E-state index contributed by atoms with van der Waals surface area (Å²) in [5.74, 6) is 0.00757. The number of rotatable bonds is 5. The summed E-state index contributed by atoms with van der Waals surface area (Å²) in [4.78, 5) is 2.24. The van der Waals surface area contributed by atoms with Crippen molar-refractivity contribution in [3.8, 4) is 0 Å². The Labute approximate surface area is 132 Å². The van der Waals surface area contributed by atoms with Gasteiger partial charge < -0.3 is 10.0 Å². The highest BCUT2D eigenvalue weighted by Crippen LogP contribution is 2.27. The molecule has 0 amide bonds. The van der Waals surface area contributed by atoms with Gasteiger partial charge in [0.2, 0.25) is 10.0 Å². The number of nitrogens with zero attached hydrogens (tertiary/aromatic N) is 2. The molecule has 3 rings (SSSR count). The van der Waals surface area contributed by atoms with Crippen molar-refractivity contribution >= 4 is 10.0 Å². The molecule has 2 aliphatic heterocycles. The fourth-order valence-corrected chi connectivity index (χ4v) is 5.02. The van der Waals surface area contributed by atoms with E-state index in [2.05, 4.69) is 4.90 Å². The van der Waals surface area contributed by atoms with Crippen molar-refractivity contribution in [3.05, 3.63) is 35.9 Å². The van der Waals surface area contributed by atoms with E-state index in [4.69, 9.17) is 0 Å². The molecule has 6 heteroatoms. The molecule has 122 valence electrons. The van der Waals surface area contributed by atoms with Crippen molar-refractivity contribution in [1.82, 2.24) is 9.21 Å². The molecule has 0 bridgehead atoms. The Kier molecular flexibility index (Phi) is 4.54. The van der Waals surface area contributed by atoms with Gasteiger partial charge in [0.25, 0.3) is 0 Å². The molecule has 0 unspecified atom stereocenters. The number of aliphatic hydroxyl groups is 1. The van der Waals surface area contributed by atoms with Crippen LogP contribution in [0.5, 0.6) is 0 Å². The first-order valence-corrected chi connectivity index (χ1v) is 9.54. The number of hydrogen-bond acceptors (Lipinski definition) is 4. The van der Waals surface area contributed by atoms with Crippen LogP contribution in [0.3, 0.4) is 0 Å². The van der Waals surface area contributed by atoms with Gasteiger partial charge in [0.05, 0.1) is 11.4 Å². The van der Waals surface area contributed by atoms with E-state index in [0.29, 0.717) is 19.5 Å². The fourth-order valence-electron chi connectivity index (χ4n) is 3.42. The summed E-state index contributed by atoms with van der Waals surface area (Å²) < 4.78 is 26.5. The van der Waals surface area contributed by atoms with Gasteiger partial charge >= 0.3 is 0 Å². The molecule has 0 saturated carbocycles. The summed E-state index contributed by atoms with van der Waals surface area (Å²) in [6, 6.07) is 9.21. The van der Waals surface area contributed by atoms with Gasteiger partial charge in [-0.3, -0.25) is 0 Å². The Balaban J connectivity index is 1.63. The SMILES string of the molecule is O=S(=O)(Cc1ccccc1)N1CC[C@](O)(CN2CCCC2)C1. The Bertz CT molecular complexity index is 599. The second kappa shape index (κ2) is 6.28. The zero-order valence-electron chi connectivity index (χ0n) is 12.8. The molecule has 2 saturated heterocycles. The minimum absolute atomic E-state index is 0.00757. The molecule has 1 aromatic rings. The van der Waals surface area contributed by atoms with Crippen LogP contribution in [0.4, 0.5) is 0 Å². The minimum atomic E-state index is -3.36. The van der Waals surface area contributed by atoms with Crippen LogP contribution in [0.25, 0.3) is 0 Å². The lowest BCUT2D eigenvalue weighted by atomic mass is 10.0. The lowest BCUT2D eigenvalue weighted by Gasteiger charge is -2.28. The van der Waals surface area contributed by atoms with Crippen LogP contribution < -0.4 is 0 Å². The number of sulfonamides is 1. The van der Waals surface area contributed by atoms with Gasteiger partial charge in [0, 0.05) is 19.6 Å². The predicted molar refractivity (Wildman–Crippen MR) is 85.9 cm³/mol. The average Bonchev–Trinajstić information content (AvgIpc) is 3.10. The van der Waals surface area contributed by atoms with Crippen molar-refractivity contribution < 1.29 is 13.5 Å². The third-order valence-electron chi connectivity index (χ3n) is 4.60. The third kappa shape index (κ3) is 3.68. The molecule has 2 fully saturated rings. The monoisotopic (exact) mass is 324 g/mol. The van der Waals surface area contributed by atoms with Crippen LogP contribution in [0.15, 0.2) is 30.3 Å². The first-order valence-electron chi connectivity index (χ1n) is 7.93. The normalized spacial score (nSPS) is 27.5. The van der Waals surface area contributed by atoms with E-state index in [-0.39, 0.29) is 12.3 Å². The Hall–Kier alpha value is -0.950. The van der Waals surface area contributed by atoms with E-state index in [9.17, 15) is 13.5 Å². The molecule has 1 aromatic carbocycles. The summed E-state index contributed by atoms with van der Waals surface area (Å²) in [7, 11) is -3.36. The van der Waals surface area contributed by atoms with Gasteiger partial charge in [-0.2, -0.15) is 4.31 Å². The first kappa shape index (κ1) is 15.9. The molecule has 0 spiro atoms. The predicted octanol–water partition coefficient (Wildman–Crippen LogP) is 1.05. The van der Waals surface area contributed by atoms with Crippen LogP contribution in [-0.4, -0.2) is 61.1 Å². The summed E-state index contributed by atoms with van der Waals surface area (Å²) >= 11 is 0. The minimum Gasteiger partial charge on any atom is -0.387 e. The topological polar surface area (TPSA) is 60.9 Å². The quantitative estimate of drug-likeness (QED) is 0.879. The van der Waals surface area contributed by atoms with E-state index >= 15 is 0 Å². The van der Waals surface area contributed by atoms with Gasteiger partial charge in [-0.1, -0.05) is 30.3 Å². The van der Waals surface area contributed by atoms with E-state index in [0.717, 1.165) is 18.7 Å². The molecule has 0 aromatic heterocycles. The van der Waals surface area contributed by atoms with Gasteiger partial charge in [0.1, 0.15) is 0 Å². The molecule has 0 radical (unpaired) electrons. The van der Waals surface area contributed by atoms with Gasteiger partial charge in [-0.05, 0) is 37.9 Å². The molecular formula is C16H24N2O3S. The van der Waals surface area contributed by atoms with E-state index in [1.807, 2.05) is 30.3 Å². The second-order valence-electron chi connectivity index (χ2n) is 6.53. The van der Waals surface area contributed by atoms with Crippen LogP contribution in [0.2, 0.25) is 0 Å². The van der Waals surface area contributed by atoms with Crippen LogP contribution in [-0.2, 0) is 15.8 Å². The molecule has 1 atom stereocenters. The molecule has 2 heterocycles. The highest BCUT2D eigenvalue weighted by molar-refractivity contribution is 7.88. The van der Waals surface area contributed by atoms with Crippen LogP contribution >= 0.6 is 0 Å². The molecule has 0 aliphatic carbocycles. The van der Waals surface area contributed by atoms with Crippen molar-refractivity contribution in [2.45, 2.75) is 30.6 Å². The summed E-state index contributed by atoms with van der Waals surface area (Å²) in [6.07, 6.45) is 2.87. The Morgan fingerprint density at radius 3 is 2.45 bits per heavy atom. The maximum atomic E-state index is 12.5. The maximum Gasteiger partial charge on any atom is 0.218 e. The number of benzene rings is 1. The standard InChI is InChI=1S/C16H24N2O3S/c19-16(13-17-9-4-5-10-17)8-11-18(14-16)22(20,21)12-15-6-2-1-3-7-15/h1-3,6-7,19H,4-5,8-14H2/t16-/m0/s1. The van der Waals surface area contributed by atoms with E-state index < -0.39 is 15.6 Å². The zero-order chi connectivity index (χ0) is 15.6. The summed E-state index contributed by atoms with van der Waals surface area (Å²) in [5.41, 5.74) is -0.105. The smallest absolute Gasteiger partial charge is 0.218 e. The maximum absolute atomic E-state index is 12.5. The first-order chi connectivity index (χ1) is 10.5. The average molecular weight is 324 g/mol. The van der Waals surface area contributed by atoms with E-state index in [1.165, 1.54) is 17.1 Å². The van der Waals surface area contributed by atoms with Crippen molar-refractivity contribution in [2.75, 3.05) is 32.7 Å². The lowest BCUT2D eigenvalue weighted by Crippen LogP contribution is -2.45. The molecule has 2 aliphatic rings. The van der Waals surface area contributed by atoms with Gasteiger partial charge in [-0.25, -0.2) is 8.42 Å². The highest BCUT2D eigenvalue weighted by atomic mass is 32.2. The fraction of sp³-hybridized carbons (Fsp3) is 0.625. The number of hydrogen-bond donors (Lipinski definition) is 1. The number of β-amino-alcohol motifs (C(OH)–C–C–N with tert-alkyl or cyclic N) is 1. The third-order valence-corrected chi connectivity index (χ3v) is 6.40. The Morgan fingerprint density at radius 1 is 1.09 bits per heavy atom. The van der Waals surface area contributed by atoms with Crippen molar-refractivity contribution in [3.63, 3.8) is 0 Å². The van der Waals surface area contributed by atoms with Gasteiger partial charge in [-0.15, -0.1) is 0 Å². The lowest BCUT2D eigenvalue weighted by molar-refractivity contribution is 0.0232. The summed E-state index contributed by atoms with van der Waals surface area (Å²) in [5, 5.41) is 10.7. The molecule has 5 nitrogen and oxygen atoms in total. The van der Waals surface area contributed by atoms with E-state index in [1.54, 1.807) is 0 Å². The molecular weight excluding hydrogens is 300 g/mol. The highest BCUT2D eigenvalue weighted by Gasteiger charge is 2.42. The van der Waals surface area contributed by atoms with Crippen LogP contribution in [0.1, 0.15) is 24.8 Å². The van der Waals surface area contributed by atoms with Gasteiger partial charge in [0.15, 0.2) is 0 Å². The van der Waals surface area contributed by atoms with Crippen LogP contribution in [0, 0.1) is 0 Å². The van der Waals surface area contributed by atoms with Crippen molar-refractivity contribution in [2.24, 2.45) is 0 Å². The van der Waals surface area contributed by atoms with Crippen molar-refractivity contribution in [1.29, 1.82) is 0 Å². The zero-order valence-corrected chi connectivity index (χ0v) is 13.6. The Morgan fingerprint density at radius 2 is 1.77 bits per heavy atom. The molecule has 1 N–H and O–H groups in total. The summed E-state index contributed by atoms with van der Waals surface area (Å²) in [6.45, 7) is 3.25. The largest absolute Gasteiger partial charge is 0.387 e.